The van der Waals surface area contributed by atoms with Gasteiger partial charge in [0.1, 0.15) is 0 Å². The van der Waals surface area contributed by atoms with Crippen LogP contribution >= 0.6 is 0 Å². The summed E-state index contributed by atoms with van der Waals surface area (Å²) in [6, 6.07) is 14.9. The van der Waals surface area contributed by atoms with E-state index in [9.17, 15) is 0 Å². The van der Waals surface area contributed by atoms with Gasteiger partial charge in [-0.15, -0.1) is 0 Å². The Balaban J connectivity index is 2.13. The summed E-state index contributed by atoms with van der Waals surface area (Å²) in [6.07, 6.45) is 3.25. The van der Waals surface area contributed by atoms with Gasteiger partial charge in [-0.1, -0.05) is 43.7 Å². The first-order chi connectivity index (χ1) is 9.76. The predicted molar refractivity (Wildman–Crippen MR) is 82.8 cm³/mol. The van der Waals surface area contributed by atoms with Crippen LogP contribution in [0.15, 0.2) is 42.5 Å². The van der Waals surface area contributed by atoms with Crippen molar-refractivity contribution in [2.24, 2.45) is 0 Å². The molecule has 0 aliphatic rings. The lowest BCUT2D eigenvalue weighted by Gasteiger charge is -2.10. The fourth-order valence-electron chi connectivity index (χ4n) is 2.34. The summed E-state index contributed by atoms with van der Waals surface area (Å²) in [7, 11) is 3.32. The summed E-state index contributed by atoms with van der Waals surface area (Å²) in [5, 5.41) is 0. The van der Waals surface area contributed by atoms with E-state index in [1.165, 1.54) is 23.1 Å². The van der Waals surface area contributed by atoms with Crippen molar-refractivity contribution in [3.8, 4) is 11.5 Å². The molecule has 2 aromatic carbocycles. The molecule has 0 unspecified atom stereocenters. The van der Waals surface area contributed by atoms with Gasteiger partial charge in [-0.2, -0.15) is 0 Å². The quantitative estimate of drug-likeness (QED) is 0.781. The van der Waals surface area contributed by atoms with Crippen LogP contribution in [0.25, 0.3) is 0 Å². The molecule has 2 rings (SSSR count). The van der Waals surface area contributed by atoms with Crippen molar-refractivity contribution in [2.45, 2.75) is 26.2 Å². The second-order valence-electron chi connectivity index (χ2n) is 4.93. The normalized spacial score (nSPS) is 10.3. The molecule has 0 saturated carbocycles. The van der Waals surface area contributed by atoms with Crippen LogP contribution in [0.3, 0.4) is 0 Å². The molecule has 2 heteroatoms. The Morgan fingerprint density at radius 2 is 1.35 bits per heavy atom. The third-order valence-corrected chi connectivity index (χ3v) is 3.42. The van der Waals surface area contributed by atoms with E-state index in [-0.39, 0.29) is 0 Å². The number of benzene rings is 2. The van der Waals surface area contributed by atoms with Gasteiger partial charge in [-0.3, -0.25) is 0 Å². The Labute approximate surface area is 121 Å². The molecule has 0 aliphatic heterocycles. The molecule has 2 nitrogen and oxygen atoms in total. The number of ether oxygens (including phenoxy) is 2. The fraction of sp³-hybridized carbons (Fsp3) is 0.333. The zero-order chi connectivity index (χ0) is 14.4. The minimum Gasteiger partial charge on any atom is -0.493 e. The second-order valence-corrected chi connectivity index (χ2v) is 4.93. The molecule has 0 amide bonds. The molecule has 0 bridgehead atoms. The molecule has 0 spiro atoms. The van der Waals surface area contributed by atoms with Crippen LogP contribution in [-0.2, 0) is 12.8 Å². The van der Waals surface area contributed by atoms with Gasteiger partial charge < -0.3 is 9.47 Å². The molecule has 0 aromatic heterocycles. The highest BCUT2D eigenvalue weighted by molar-refractivity contribution is 5.44. The van der Waals surface area contributed by atoms with Crippen LogP contribution in [0.5, 0.6) is 11.5 Å². The van der Waals surface area contributed by atoms with Gasteiger partial charge in [-0.05, 0) is 41.7 Å². The van der Waals surface area contributed by atoms with Gasteiger partial charge in [0, 0.05) is 0 Å². The maximum Gasteiger partial charge on any atom is 0.160 e. The molecule has 0 saturated heterocycles. The molecule has 0 fully saturated rings. The van der Waals surface area contributed by atoms with Crippen molar-refractivity contribution in [1.29, 1.82) is 0 Å². The third-order valence-electron chi connectivity index (χ3n) is 3.42. The van der Waals surface area contributed by atoms with Crippen LogP contribution < -0.4 is 9.47 Å². The van der Waals surface area contributed by atoms with Crippen LogP contribution in [0.1, 0.15) is 30.0 Å². The third kappa shape index (κ3) is 3.53. The van der Waals surface area contributed by atoms with Crippen molar-refractivity contribution in [3.05, 3.63) is 59.2 Å². The first-order valence-electron chi connectivity index (χ1n) is 7.05. The molecule has 0 atom stereocenters. The summed E-state index contributed by atoms with van der Waals surface area (Å²) in [6.45, 7) is 2.21. The van der Waals surface area contributed by atoms with Crippen molar-refractivity contribution >= 4 is 0 Å². The first kappa shape index (κ1) is 14.4. The number of hydrogen-bond acceptors (Lipinski definition) is 2. The van der Waals surface area contributed by atoms with E-state index in [1.807, 2.05) is 12.1 Å². The van der Waals surface area contributed by atoms with E-state index < -0.39 is 0 Å². The fourth-order valence-corrected chi connectivity index (χ4v) is 2.34. The lowest BCUT2D eigenvalue weighted by Crippen LogP contribution is -1.94. The summed E-state index contributed by atoms with van der Waals surface area (Å²) >= 11 is 0. The van der Waals surface area contributed by atoms with Crippen molar-refractivity contribution < 1.29 is 9.47 Å². The Bertz CT molecular complexity index is 544. The van der Waals surface area contributed by atoms with Crippen LogP contribution in [0, 0.1) is 0 Å². The molecule has 0 radical (unpaired) electrons. The van der Waals surface area contributed by atoms with Gasteiger partial charge in [0.2, 0.25) is 0 Å². The van der Waals surface area contributed by atoms with Gasteiger partial charge in [0.25, 0.3) is 0 Å². The Hall–Kier alpha value is -1.96. The maximum atomic E-state index is 5.34. The number of methoxy groups -OCH3 is 2. The topological polar surface area (TPSA) is 18.5 Å². The Morgan fingerprint density at radius 3 is 1.95 bits per heavy atom. The smallest absolute Gasteiger partial charge is 0.160 e. The standard InChI is InChI=1S/C18H22O2/c1-4-5-14-6-8-15(9-7-14)12-16-10-11-17(19-2)18(13-16)20-3/h6-11,13H,4-5,12H2,1-3H3. The number of rotatable bonds is 6. The molecular weight excluding hydrogens is 248 g/mol. The molecule has 2 aromatic rings. The van der Waals surface area contributed by atoms with Gasteiger partial charge in [0.15, 0.2) is 11.5 Å². The van der Waals surface area contributed by atoms with Crippen LogP contribution in [-0.4, -0.2) is 14.2 Å². The summed E-state index contributed by atoms with van der Waals surface area (Å²) < 4.78 is 10.6. The largest absolute Gasteiger partial charge is 0.493 e. The molecular formula is C18H22O2. The molecule has 106 valence electrons. The van der Waals surface area contributed by atoms with E-state index in [1.54, 1.807) is 14.2 Å². The van der Waals surface area contributed by atoms with Crippen LogP contribution in [0.2, 0.25) is 0 Å². The van der Waals surface area contributed by atoms with Crippen molar-refractivity contribution in [2.75, 3.05) is 14.2 Å². The highest BCUT2D eigenvalue weighted by Crippen LogP contribution is 2.28. The highest BCUT2D eigenvalue weighted by Gasteiger charge is 2.05. The van der Waals surface area contributed by atoms with Gasteiger partial charge >= 0.3 is 0 Å². The minimum absolute atomic E-state index is 0.773. The Morgan fingerprint density at radius 1 is 0.750 bits per heavy atom. The summed E-state index contributed by atoms with van der Waals surface area (Å²) in [5.74, 6) is 1.56. The van der Waals surface area contributed by atoms with E-state index in [4.69, 9.17) is 9.47 Å². The second kappa shape index (κ2) is 6.99. The number of hydrogen-bond donors (Lipinski definition) is 0. The molecule has 0 N–H and O–H groups in total. The van der Waals surface area contributed by atoms with Crippen LogP contribution in [0.4, 0.5) is 0 Å². The zero-order valence-electron chi connectivity index (χ0n) is 12.5. The Kier molecular flexibility index (Phi) is 5.05. The lowest BCUT2D eigenvalue weighted by atomic mass is 10.0. The van der Waals surface area contributed by atoms with Gasteiger partial charge in [0.05, 0.1) is 14.2 Å². The van der Waals surface area contributed by atoms with Crippen molar-refractivity contribution in [3.63, 3.8) is 0 Å². The van der Waals surface area contributed by atoms with E-state index in [0.717, 1.165) is 24.3 Å². The lowest BCUT2D eigenvalue weighted by molar-refractivity contribution is 0.354. The maximum absolute atomic E-state index is 5.34. The number of aryl methyl sites for hydroxylation is 1. The average molecular weight is 270 g/mol. The zero-order valence-corrected chi connectivity index (χ0v) is 12.5. The average Bonchev–Trinajstić information content (AvgIpc) is 2.49. The SMILES string of the molecule is CCCc1ccc(Cc2ccc(OC)c(OC)c2)cc1. The highest BCUT2D eigenvalue weighted by atomic mass is 16.5. The molecule has 0 aliphatic carbocycles. The first-order valence-corrected chi connectivity index (χ1v) is 7.05. The predicted octanol–water partition coefficient (Wildman–Crippen LogP) is 4.25. The van der Waals surface area contributed by atoms with E-state index >= 15 is 0 Å². The molecule has 0 heterocycles. The van der Waals surface area contributed by atoms with E-state index in [2.05, 4.69) is 37.3 Å². The monoisotopic (exact) mass is 270 g/mol. The molecule has 20 heavy (non-hydrogen) atoms. The summed E-state index contributed by atoms with van der Waals surface area (Å²) in [4.78, 5) is 0. The van der Waals surface area contributed by atoms with Gasteiger partial charge in [-0.25, -0.2) is 0 Å². The minimum atomic E-state index is 0.773. The summed E-state index contributed by atoms with van der Waals surface area (Å²) in [5.41, 5.74) is 3.95. The van der Waals surface area contributed by atoms with Crippen molar-refractivity contribution in [1.82, 2.24) is 0 Å². The van der Waals surface area contributed by atoms with E-state index in [0.29, 0.717) is 0 Å².